The number of ether oxygens (including phenoxy) is 2. The van der Waals surface area contributed by atoms with Crippen LogP contribution in [0.1, 0.15) is 63.9 Å². The molecule has 33 heavy (non-hydrogen) atoms. The Kier molecular flexibility index (Phi) is 9.62. The average Bonchev–Trinajstić information content (AvgIpc) is 3.10. The van der Waals surface area contributed by atoms with Crippen molar-refractivity contribution in [3.8, 4) is 11.5 Å². The maximum atomic E-state index is 12.9. The van der Waals surface area contributed by atoms with Gasteiger partial charge in [0.25, 0.3) is 5.91 Å². The number of unbranched alkanes of at least 4 members (excludes halogenated alkanes) is 2. The van der Waals surface area contributed by atoms with Gasteiger partial charge >= 0.3 is 0 Å². The molecule has 0 spiro atoms. The van der Waals surface area contributed by atoms with Crippen molar-refractivity contribution in [1.29, 1.82) is 0 Å². The van der Waals surface area contributed by atoms with E-state index in [0.717, 1.165) is 50.6 Å². The number of rotatable bonds is 10. The predicted molar refractivity (Wildman–Crippen MR) is 138 cm³/mol. The Labute approximate surface area is 206 Å². The lowest BCUT2D eigenvalue weighted by Gasteiger charge is -2.35. The summed E-state index contributed by atoms with van der Waals surface area (Å²) >= 11 is 6.78. The summed E-state index contributed by atoms with van der Waals surface area (Å²) in [5.41, 5.74) is 0.856. The Hall–Kier alpha value is -2.06. The molecular weight excluding hydrogens is 456 g/mol. The zero-order chi connectivity index (χ0) is 23.8. The number of likely N-dealkylation sites (tertiary alicyclic amines) is 1. The number of hydrogen-bond donors (Lipinski definition) is 0. The van der Waals surface area contributed by atoms with E-state index in [0.29, 0.717) is 39.7 Å². The summed E-state index contributed by atoms with van der Waals surface area (Å²) < 4.78 is 11.2. The minimum atomic E-state index is -0.0602. The fraction of sp³-hybridized carbons (Fsp3) is 0.560. The van der Waals surface area contributed by atoms with Crippen LogP contribution in [0.3, 0.4) is 0 Å². The maximum absolute atomic E-state index is 12.9. The molecule has 0 saturated carbocycles. The minimum absolute atomic E-state index is 0.0602. The minimum Gasteiger partial charge on any atom is -0.493 e. The summed E-state index contributed by atoms with van der Waals surface area (Å²) in [6, 6.07) is 5.96. The van der Waals surface area contributed by atoms with E-state index >= 15 is 0 Å². The Morgan fingerprint density at radius 3 is 2.70 bits per heavy atom. The number of thioether (sulfide) groups is 1. The lowest BCUT2D eigenvalue weighted by Crippen LogP contribution is -2.43. The lowest BCUT2D eigenvalue weighted by atomic mass is 9.99. The number of benzene rings is 1. The number of methoxy groups -OCH3 is 2. The van der Waals surface area contributed by atoms with Gasteiger partial charge in [0.05, 0.1) is 19.1 Å². The summed E-state index contributed by atoms with van der Waals surface area (Å²) in [5, 5.41) is 0. The third-order valence-electron chi connectivity index (χ3n) is 6.27. The fourth-order valence-corrected chi connectivity index (χ4v) is 5.72. The topological polar surface area (TPSA) is 59.1 Å². The van der Waals surface area contributed by atoms with Gasteiger partial charge in [-0.15, -0.1) is 0 Å². The first-order valence-corrected chi connectivity index (χ1v) is 13.0. The molecule has 0 aliphatic carbocycles. The van der Waals surface area contributed by atoms with Gasteiger partial charge in [-0.25, -0.2) is 0 Å². The highest BCUT2D eigenvalue weighted by Crippen LogP contribution is 2.35. The van der Waals surface area contributed by atoms with Crippen molar-refractivity contribution in [1.82, 2.24) is 9.80 Å². The predicted octanol–water partition coefficient (Wildman–Crippen LogP) is 5.26. The van der Waals surface area contributed by atoms with Crippen LogP contribution >= 0.6 is 24.0 Å². The molecule has 0 N–H and O–H groups in total. The number of carbonyl (C=O) groups excluding carboxylic acids is 2. The number of piperidine rings is 1. The van der Waals surface area contributed by atoms with Gasteiger partial charge < -0.3 is 14.4 Å². The molecule has 1 atom stereocenters. The molecule has 6 nitrogen and oxygen atoms in total. The zero-order valence-corrected chi connectivity index (χ0v) is 21.4. The summed E-state index contributed by atoms with van der Waals surface area (Å²) in [5.74, 6) is 1.48. The molecule has 3 rings (SSSR count). The second-order valence-electron chi connectivity index (χ2n) is 8.40. The second-order valence-corrected chi connectivity index (χ2v) is 10.1. The van der Waals surface area contributed by atoms with Gasteiger partial charge in [0, 0.05) is 25.6 Å². The third kappa shape index (κ3) is 6.51. The van der Waals surface area contributed by atoms with Gasteiger partial charge in [-0.1, -0.05) is 43.4 Å². The van der Waals surface area contributed by atoms with Gasteiger partial charge in [0.15, 0.2) is 11.5 Å². The first kappa shape index (κ1) is 25.6. The molecule has 0 aromatic heterocycles. The standard InChI is InChI=1S/C25H34N2O4S2/c1-4-19-10-7-9-14-26(19)23(28)11-6-5-8-15-27-24(29)22(33-25(27)32)17-18-12-13-20(30-2)21(16-18)31-3/h12-13,16-17,19H,4-11,14-15H2,1-3H3/b22-17-/t19-/m1/s1. The van der Waals surface area contributed by atoms with Crippen LogP contribution in [-0.4, -0.2) is 59.3 Å². The quantitative estimate of drug-likeness (QED) is 0.253. The molecule has 2 aliphatic rings. The highest BCUT2D eigenvalue weighted by Gasteiger charge is 2.31. The highest BCUT2D eigenvalue weighted by molar-refractivity contribution is 8.26. The number of thiocarbonyl (C=S) groups is 1. The van der Waals surface area contributed by atoms with E-state index in [4.69, 9.17) is 21.7 Å². The molecule has 1 aromatic rings. The van der Waals surface area contributed by atoms with E-state index in [9.17, 15) is 9.59 Å². The molecule has 2 fully saturated rings. The van der Waals surface area contributed by atoms with Gasteiger partial charge in [0.1, 0.15) is 4.32 Å². The average molecular weight is 491 g/mol. The number of amides is 2. The van der Waals surface area contributed by atoms with Crippen LogP contribution in [0.25, 0.3) is 6.08 Å². The number of hydrogen-bond acceptors (Lipinski definition) is 6. The van der Waals surface area contributed by atoms with Crippen LogP contribution in [0.4, 0.5) is 0 Å². The van der Waals surface area contributed by atoms with E-state index in [-0.39, 0.29) is 11.8 Å². The smallest absolute Gasteiger partial charge is 0.266 e. The Bertz CT molecular complexity index is 902. The second kappa shape index (κ2) is 12.4. The van der Waals surface area contributed by atoms with Gasteiger partial charge in [0.2, 0.25) is 5.91 Å². The fourth-order valence-electron chi connectivity index (χ4n) is 4.41. The number of carbonyl (C=O) groups is 2. The third-order valence-corrected chi connectivity index (χ3v) is 7.65. The van der Waals surface area contributed by atoms with Crippen molar-refractivity contribution < 1.29 is 19.1 Å². The Morgan fingerprint density at radius 1 is 1.18 bits per heavy atom. The molecule has 2 saturated heterocycles. The van der Waals surface area contributed by atoms with E-state index < -0.39 is 0 Å². The molecule has 180 valence electrons. The Morgan fingerprint density at radius 2 is 1.97 bits per heavy atom. The highest BCUT2D eigenvalue weighted by atomic mass is 32.2. The molecule has 0 radical (unpaired) electrons. The molecule has 1 aromatic carbocycles. The first-order valence-electron chi connectivity index (χ1n) is 11.7. The van der Waals surface area contributed by atoms with Crippen LogP contribution in [0.15, 0.2) is 23.1 Å². The first-order chi connectivity index (χ1) is 16.0. The largest absolute Gasteiger partial charge is 0.493 e. The van der Waals surface area contributed by atoms with Crippen molar-refractivity contribution in [2.24, 2.45) is 0 Å². The Balaban J connectivity index is 1.47. The van der Waals surface area contributed by atoms with E-state index in [1.165, 1.54) is 18.2 Å². The van der Waals surface area contributed by atoms with Crippen LogP contribution in [0, 0.1) is 0 Å². The molecule has 0 unspecified atom stereocenters. The van der Waals surface area contributed by atoms with Crippen molar-refractivity contribution in [2.75, 3.05) is 27.3 Å². The van der Waals surface area contributed by atoms with Crippen molar-refractivity contribution >= 4 is 46.2 Å². The molecular formula is C25H34N2O4S2. The van der Waals surface area contributed by atoms with Crippen LogP contribution < -0.4 is 9.47 Å². The maximum Gasteiger partial charge on any atom is 0.266 e. The molecule has 8 heteroatoms. The summed E-state index contributed by atoms with van der Waals surface area (Å²) in [7, 11) is 3.18. The molecule has 2 heterocycles. The molecule has 2 aliphatic heterocycles. The van der Waals surface area contributed by atoms with E-state index in [2.05, 4.69) is 11.8 Å². The van der Waals surface area contributed by atoms with E-state index in [1.807, 2.05) is 24.3 Å². The van der Waals surface area contributed by atoms with Crippen LogP contribution in [-0.2, 0) is 9.59 Å². The molecule has 2 amide bonds. The van der Waals surface area contributed by atoms with Gasteiger partial charge in [-0.3, -0.25) is 14.5 Å². The lowest BCUT2D eigenvalue weighted by molar-refractivity contribution is -0.135. The summed E-state index contributed by atoms with van der Waals surface area (Å²) in [6.07, 6.45) is 9.53. The van der Waals surface area contributed by atoms with Crippen molar-refractivity contribution in [3.05, 3.63) is 28.7 Å². The SMILES string of the molecule is CC[C@@H]1CCCCN1C(=O)CCCCCN1C(=O)/C(=C/c2ccc(OC)c(OC)c2)SC1=S. The van der Waals surface area contributed by atoms with Crippen LogP contribution in [0.5, 0.6) is 11.5 Å². The normalized spacial score (nSPS) is 20.0. The van der Waals surface area contributed by atoms with Gasteiger partial charge in [-0.05, 0) is 62.3 Å². The molecule has 0 bridgehead atoms. The van der Waals surface area contributed by atoms with Gasteiger partial charge in [-0.2, -0.15) is 0 Å². The summed E-state index contributed by atoms with van der Waals surface area (Å²) in [4.78, 5) is 29.9. The van der Waals surface area contributed by atoms with Crippen molar-refractivity contribution in [3.63, 3.8) is 0 Å². The van der Waals surface area contributed by atoms with E-state index in [1.54, 1.807) is 19.1 Å². The number of nitrogens with zero attached hydrogens (tertiary/aromatic N) is 2. The van der Waals surface area contributed by atoms with Crippen molar-refractivity contribution in [2.45, 2.75) is 64.3 Å². The monoisotopic (exact) mass is 490 g/mol. The van der Waals surface area contributed by atoms with Crippen LogP contribution in [0.2, 0.25) is 0 Å². The zero-order valence-electron chi connectivity index (χ0n) is 19.8. The summed E-state index contributed by atoms with van der Waals surface area (Å²) in [6.45, 7) is 3.65.